The Morgan fingerprint density at radius 2 is 2.23 bits per heavy atom. The van der Waals surface area contributed by atoms with Crippen LogP contribution in [0.25, 0.3) is 0 Å². The van der Waals surface area contributed by atoms with Crippen molar-refractivity contribution in [2.24, 2.45) is 0 Å². The van der Waals surface area contributed by atoms with Crippen LogP contribution in [0.3, 0.4) is 0 Å². The lowest BCUT2D eigenvalue weighted by Crippen LogP contribution is -2.47. The fourth-order valence-corrected chi connectivity index (χ4v) is 2.45. The molecule has 0 N–H and O–H groups in total. The minimum atomic E-state index is -0.570. The van der Waals surface area contributed by atoms with Crippen LogP contribution in [0.1, 0.15) is 39.4 Å². The highest BCUT2D eigenvalue weighted by atomic mass is 16.6. The summed E-state index contributed by atoms with van der Waals surface area (Å²) in [5, 5.41) is 3.62. The molecular weight excluding hydrogens is 286 g/mol. The molecule has 0 aromatic carbocycles. The van der Waals surface area contributed by atoms with Gasteiger partial charge in [-0.3, -0.25) is 9.69 Å². The van der Waals surface area contributed by atoms with E-state index in [4.69, 9.17) is 9.26 Å². The zero-order valence-corrected chi connectivity index (χ0v) is 13.5. The largest absolute Gasteiger partial charge is 0.444 e. The summed E-state index contributed by atoms with van der Waals surface area (Å²) >= 11 is 0. The van der Waals surface area contributed by atoms with E-state index in [0.717, 1.165) is 6.42 Å². The molecule has 2 heterocycles. The Balaban J connectivity index is 2.00. The van der Waals surface area contributed by atoms with Crippen LogP contribution in [0, 0.1) is 0 Å². The lowest BCUT2D eigenvalue weighted by atomic mass is 10.2. The molecule has 2 rings (SSSR count). The summed E-state index contributed by atoms with van der Waals surface area (Å²) in [5.41, 5.74) is -0.570. The summed E-state index contributed by atoms with van der Waals surface area (Å²) in [7, 11) is 1.69. The van der Waals surface area contributed by atoms with Crippen LogP contribution in [-0.4, -0.2) is 52.2 Å². The van der Waals surface area contributed by atoms with E-state index in [1.54, 1.807) is 18.0 Å². The molecule has 1 fully saturated rings. The number of amides is 2. The second-order valence-electron chi connectivity index (χ2n) is 6.50. The fraction of sp³-hybridized carbons (Fsp3) is 0.667. The lowest BCUT2D eigenvalue weighted by Gasteiger charge is -2.30. The topological polar surface area (TPSA) is 75.9 Å². The third kappa shape index (κ3) is 3.99. The first-order valence-corrected chi connectivity index (χ1v) is 7.42. The molecule has 22 heavy (non-hydrogen) atoms. The number of carbonyl (C=O) groups is 2. The average molecular weight is 309 g/mol. The molecule has 7 nitrogen and oxygen atoms in total. The zero-order chi connectivity index (χ0) is 16.3. The van der Waals surface area contributed by atoms with Crippen LogP contribution in [0.5, 0.6) is 0 Å². The monoisotopic (exact) mass is 309 g/mol. The summed E-state index contributed by atoms with van der Waals surface area (Å²) in [6, 6.07) is 1.24. The van der Waals surface area contributed by atoms with Crippen LogP contribution < -0.4 is 0 Å². The van der Waals surface area contributed by atoms with Crippen molar-refractivity contribution in [2.45, 2.75) is 51.8 Å². The van der Waals surface area contributed by atoms with E-state index in [2.05, 4.69) is 5.16 Å². The third-order valence-electron chi connectivity index (χ3n) is 3.43. The molecule has 1 aromatic heterocycles. The molecule has 1 aromatic rings. The van der Waals surface area contributed by atoms with Crippen molar-refractivity contribution in [3.8, 4) is 0 Å². The first-order chi connectivity index (χ1) is 10.3. The first kappa shape index (κ1) is 16.3. The fourth-order valence-electron chi connectivity index (χ4n) is 2.45. The molecule has 2 amide bonds. The molecule has 1 aliphatic heterocycles. The number of likely N-dealkylation sites (N-methyl/N-ethyl adjacent to an activating group) is 1. The maximum atomic E-state index is 12.6. The maximum absolute atomic E-state index is 12.6. The Hall–Kier alpha value is -2.05. The first-order valence-electron chi connectivity index (χ1n) is 7.42. The van der Waals surface area contributed by atoms with Crippen molar-refractivity contribution in [1.29, 1.82) is 0 Å². The van der Waals surface area contributed by atoms with E-state index in [1.165, 1.54) is 11.1 Å². The van der Waals surface area contributed by atoms with E-state index in [9.17, 15) is 9.59 Å². The van der Waals surface area contributed by atoms with Gasteiger partial charge in [-0.1, -0.05) is 5.16 Å². The molecule has 7 heteroatoms. The van der Waals surface area contributed by atoms with Crippen molar-refractivity contribution in [2.75, 3.05) is 13.6 Å². The van der Waals surface area contributed by atoms with Crippen molar-refractivity contribution in [3.63, 3.8) is 0 Å². The lowest BCUT2D eigenvalue weighted by molar-refractivity contribution is -0.135. The van der Waals surface area contributed by atoms with Gasteiger partial charge in [-0.15, -0.1) is 0 Å². The van der Waals surface area contributed by atoms with E-state index in [-0.39, 0.29) is 5.91 Å². The number of carbonyl (C=O) groups excluding carboxylic acids is 2. The number of hydrogen-bond donors (Lipinski definition) is 0. The minimum absolute atomic E-state index is 0.111. The van der Waals surface area contributed by atoms with Gasteiger partial charge in [-0.25, -0.2) is 4.79 Å². The van der Waals surface area contributed by atoms with Crippen LogP contribution in [0.2, 0.25) is 0 Å². The van der Waals surface area contributed by atoms with E-state index in [1.807, 2.05) is 20.8 Å². The van der Waals surface area contributed by atoms with Gasteiger partial charge >= 0.3 is 6.09 Å². The maximum Gasteiger partial charge on any atom is 0.410 e. The summed E-state index contributed by atoms with van der Waals surface area (Å²) in [6.45, 7) is 6.31. The summed E-state index contributed by atoms with van der Waals surface area (Å²) in [5.74, 6) is 0.498. The summed E-state index contributed by atoms with van der Waals surface area (Å²) < 4.78 is 10.4. The molecule has 0 unspecified atom stereocenters. The Morgan fingerprint density at radius 1 is 1.50 bits per heavy atom. The molecule has 1 saturated heterocycles. The Morgan fingerprint density at radius 3 is 2.82 bits per heavy atom. The normalized spacial score (nSPS) is 18.4. The number of hydrogen-bond acceptors (Lipinski definition) is 5. The predicted molar refractivity (Wildman–Crippen MR) is 78.9 cm³/mol. The molecule has 0 spiro atoms. The van der Waals surface area contributed by atoms with Gasteiger partial charge in [0.25, 0.3) is 0 Å². The van der Waals surface area contributed by atoms with Crippen LogP contribution in [0.4, 0.5) is 4.79 Å². The number of likely N-dealkylation sites (tertiary alicyclic amines) is 1. The molecule has 0 aliphatic carbocycles. The second-order valence-corrected chi connectivity index (χ2v) is 6.50. The van der Waals surface area contributed by atoms with Crippen LogP contribution in [0.15, 0.2) is 16.8 Å². The molecule has 122 valence electrons. The summed E-state index contributed by atoms with van der Waals surface area (Å²) in [6.07, 6.45) is 2.55. The Kier molecular flexibility index (Phi) is 4.73. The second kappa shape index (κ2) is 6.37. The van der Waals surface area contributed by atoms with Gasteiger partial charge < -0.3 is 14.2 Å². The molecule has 1 atom stereocenters. The van der Waals surface area contributed by atoms with E-state index < -0.39 is 17.7 Å². The quantitative estimate of drug-likeness (QED) is 0.854. The molecule has 0 bridgehead atoms. The number of ether oxygens (including phenoxy) is 1. The highest BCUT2D eigenvalue weighted by molar-refractivity contribution is 5.86. The molecule has 0 saturated carbocycles. The highest BCUT2D eigenvalue weighted by Gasteiger charge is 2.38. The number of nitrogens with zero attached hydrogens (tertiary/aromatic N) is 3. The highest BCUT2D eigenvalue weighted by Crippen LogP contribution is 2.22. The molecule has 1 aliphatic rings. The SMILES string of the molecule is CN(Cc1ccno1)C(=O)[C@@H]1CCCN1C(=O)OC(C)(C)C. The van der Waals surface area contributed by atoms with E-state index in [0.29, 0.717) is 25.3 Å². The number of rotatable bonds is 3. The average Bonchev–Trinajstić information content (AvgIpc) is 3.06. The van der Waals surface area contributed by atoms with Gasteiger partial charge in [0.2, 0.25) is 5.91 Å². The third-order valence-corrected chi connectivity index (χ3v) is 3.43. The molecular formula is C15H23N3O4. The smallest absolute Gasteiger partial charge is 0.410 e. The van der Waals surface area contributed by atoms with Crippen molar-refractivity contribution >= 4 is 12.0 Å². The standard InChI is InChI=1S/C15H23N3O4/c1-15(2,3)21-14(20)18-9-5-6-12(18)13(19)17(4)10-11-7-8-16-22-11/h7-8,12H,5-6,9-10H2,1-4H3/t12-/m0/s1. The van der Waals surface area contributed by atoms with Gasteiger partial charge in [0.1, 0.15) is 11.6 Å². The van der Waals surface area contributed by atoms with Crippen molar-refractivity contribution < 1.29 is 18.8 Å². The molecule has 0 radical (unpaired) electrons. The van der Waals surface area contributed by atoms with Gasteiger partial charge in [0.15, 0.2) is 5.76 Å². The van der Waals surface area contributed by atoms with Crippen molar-refractivity contribution in [3.05, 3.63) is 18.0 Å². The predicted octanol–water partition coefficient (Wildman–Crippen LogP) is 2.03. The van der Waals surface area contributed by atoms with Gasteiger partial charge in [-0.2, -0.15) is 0 Å². The zero-order valence-electron chi connectivity index (χ0n) is 13.5. The summed E-state index contributed by atoms with van der Waals surface area (Å²) in [4.78, 5) is 27.9. The van der Waals surface area contributed by atoms with Gasteiger partial charge in [0.05, 0.1) is 12.7 Å². The van der Waals surface area contributed by atoms with Gasteiger partial charge in [0, 0.05) is 19.7 Å². The Bertz CT molecular complexity index is 521. The van der Waals surface area contributed by atoms with Crippen molar-refractivity contribution in [1.82, 2.24) is 15.0 Å². The minimum Gasteiger partial charge on any atom is -0.444 e. The number of aromatic nitrogens is 1. The van der Waals surface area contributed by atoms with Crippen LogP contribution in [-0.2, 0) is 16.1 Å². The Labute approximate surface area is 130 Å². The van der Waals surface area contributed by atoms with Crippen LogP contribution >= 0.6 is 0 Å². The van der Waals surface area contributed by atoms with E-state index >= 15 is 0 Å². The van der Waals surface area contributed by atoms with Gasteiger partial charge in [-0.05, 0) is 33.6 Å².